The van der Waals surface area contributed by atoms with E-state index in [9.17, 15) is 9.59 Å². The van der Waals surface area contributed by atoms with Crippen LogP contribution in [-0.2, 0) is 9.53 Å². The number of carbonyl (C=O) groups is 2. The van der Waals surface area contributed by atoms with Gasteiger partial charge in [-0.25, -0.2) is 4.79 Å². The van der Waals surface area contributed by atoms with Gasteiger partial charge in [0.1, 0.15) is 11.4 Å². The van der Waals surface area contributed by atoms with Crippen LogP contribution in [0.4, 0.5) is 4.79 Å². The molecule has 2 unspecified atom stereocenters. The first-order valence-electron chi connectivity index (χ1n) is 6.83. The van der Waals surface area contributed by atoms with E-state index in [1.165, 1.54) is 0 Å². The molecule has 0 aliphatic heterocycles. The molecule has 0 radical (unpaired) electrons. The molecule has 1 saturated carbocycles. The van der Waals surface area contributed by atoms with Crippen molar-refractivity contribution in [2.75, 3.05) is 0 Å². The Labute approximate surface area is 109 Å². The minimum absolute atomic E-state index is 0.0929. The summed E-state index contributed by atoms with van der Waals surface area (Å²) >= 11 is 0. The van der Waals surface area contributed by atoms with Gasteiger partial charge in [0, 0.05) is 18.9 Å². The van der Waals surface area contributed by atoms with E-state index in [1.54, 1.807) is 0 Å². The second-order valence-electron chi connectivity index (χ2n) is 6.04. The van der Waals surface area contributed by atoms with Crippen molar-refractivity contribution >= 4 is 11.9 Å². The highest BCUT2D eigenvalue weighted by Gasteiger charge is 2.31. The maximum absolute atomic E-state index is 11.7. The maximum Gasteiger partial charge on any atom is 0.407 e. The summed E-state index contributed by atoms with van der Waals surface area (Å²) in [5.74, 6) is 0.558. The zero-order valence-electron chi connectivity index (χ0n) is 11.9. The molecule has 4 nitrogen and oxygen atoms in total. The molecular formula is C14H25NO3. The van der Waals surface area contributed by atoms with Crippen LogP contribution in [0.25, 0.3) is 0 Å². The zero-order valence-corrected chi connectivity index (χ0v) is 11.9. The molecule has 2 atom stereocenters. The Morgan fingerprint density at radius 3 is 2.50 bits per heavy atom. The van der Waals surface area contributed by atoms with Crippen LogP contribution >= 0.6 is 0 Å². The van der Waals surface area contributed by atoms with E-state index in [-0.39, 0.29) is 23.8 Å². The van der Waals surface area contributed by atoms with Crippen molar-refractivity contribution in [3.8, 4) is 0 Å². The van der Waals surface area contributed by atoms with E-state index in [0.717, 1.165) is 19.3 Å². The summed E-state index contributed by atoms with van der Waals surface area (Å²) in [6.45, 7) is 7.42. The Kier molecular flexibility index (Phi) is 5.17. The Bertz CT molecular complexity index is 307. The fourth-order valence-electron chi connectivity index (χ4n) is 2.37. The van der Waals surface area contributed by atoms with Crippen LogP contribution in [0, 0.1) is 5.92 Å². The highest BCUT2D eigenvalue weighted by atomic mass is 16.6. The van der Waals surface area contributed by atoms with Gasteiger partial charge in [-0.1, -0.05) is 13.3 Å². The lowest BCUT2D eigenvalue weighted by Gasteiger charge is -2.24. The number of alkyl carbamates (subject to hydrolysis) is 1. The fraction of sp³-hybridized carbons (Fsp3) is 0.857. The van der Waals surface area contributed by atoms with E-state index >= 15 is 0 Å². The quantitative estimate of drug-likeness (QED) is 0.840. The lowest BCUT2D eigenvalue weighted by atomic mass is 9.96. The largest absolute Gasteiger partial charge is 0.444 e. The molecule has 1 aliphatic rings. The molecule has 1 rings (SSSR count). The molecule has 1 fully saturated rings. The van der Waals surface area contributed by atoms with Gasteiger partial charge in [0.05, 0.1) is 0 Å². The smallest absolute Gasteiger partial charge is 0.407 e. The third kappa shape index (κ3) is 5.07. The minimum atomic E-state index is -0.475. The number of ether oxygens (including phenoxy) is 1. The number of amides is 1. The van der Waals surface area contributed by atoms with Crippen molar-refractivity contribution in [1.29, 1.82) is 0 Å². The average molecular weight is 255 g/mol. The minimum Gasteiger partial charge on any atom is -0.444 e. The molecule has 0 spiro atoms. The number of ketones is 1. The molecule has 0 heterocycles. The summed E-state index contributed by atoms with van der Waals surface area (Å²) < 4.78 is 5.24. The van der Waals surface area contributed by atoms with Crippen LogP contribution in [0.2, 0.25) is 0 Å². The predicted molar refractivity (Wildman–Crippen MR) is 70.4 cm³/mol. The number of nitrogens with one attached hydrogen (secondary N) is 1. The molecule has 104 valence electrons. The van der Waals surface area contributed by atoms with Gasteiger partial charge in [0.2, 0.25) is 0 Å². The van der Waals surface area contributed by atoms with E-state index in [1.807, 2.05) is 27.7 Å². The van der Waals surface area contributed by atoms with E-state index in [4.69, 9.17) is 4.74 Å². The molecule has 4 heteroatoms. The molecule has 0 aromatic heterocycles. The average Bonchev–Trinajstić information content (AvgIpc) is 2.62. The third-order valence-corrected chi connectivity index (χ3v) is 3.25. The van der Waals surface area contributed by atoms with Gasteiger partial charge in [-0.05, 0) is 39.5 Å². The van der Waals surface area contributed by atoms with E-state index in [2.05, 4.69) is 5.32 Å². The number of Topliss-reactive ketones (excluding diaryl/α,β-unsaturated/α-hetero) is 1. The first-order chi connectivity index (χ1) is 8.31. The zero-order chi connectivity index (χ0) is 13.8. The highest BCUT2D eigenvalue weighted by molar-refractivity contribution is 5.78. The lowest BCUT2D eigenvalue weighted by Crippen LogP contribution is -2.41. The number of hydrogen-bond donors (Lipinski definition) is 1. The normalized spacial score (nSPS) is 23.8. The number of rotatable bonds is 4. The molecule has 0 saturated heterocycles. The summed E-state index contributed by atoms with van der Waals surface area (Å²) in [7, 11) is 0. The monoisotopic (exact) mass is 255 g/mol. The first-order valence-corrected chi connectivity index (χ1v) is 6.83. The standard InChI is InChI=1S/C14H25NO3/c1-5-11(16)9-10-7-6-8-12(10)15-13(17)18-14(2,3)4/h10,12H,5-9H2,1-4H3,(H,15,17). The molecule has 0 aromatic rings. The van der Waals surface area contributed by atoms with Crippen LogP contribution < -0.4 is 5.32 Å². The molecule has 0 aromatic carbocycles. The number of carbonyl (C=O) groups excluding carboxylic acids is 2. The fourth-order valence-corrected chi connectivity index (χ4v) is 2.37. The lowest BCUT2D eigenvalue weighted by molar-refractivity contribution is -0.119. The van der Waals surface area contributed by atoms with Crippen molar-refractivity contribution in [3.63, 3.8) is 0 Å². The van der Waals surface area contributed by atoms with Gasteiger partial charge in [0.25, 0.3) is 0 Å². The molecule has 1 N–H and O–H groups in total. The van der Waals surface area contributed by atoms with Crippen LogP contribution in [0.15, 0.2) is 0 Å². The van der Waals surface area contributed by atoms with Gasteiger partial charge in [-0.2, -0.15) is 0 Å². The predicted octanol–water partition coefficient (Wildman–Crippen LogP) is 3.05. The molecule has 1 aliphatic carbocycles. The highest BCUT2D eigenvalue weighted by Crippen LogP contribution is 2.29. The first kappa shape index (κ1) is 15.0. The van der Waals surface area contributed by atoms with Gasteiger partial charge in [-0.3, -0.25) is 4.79 Å². The van der Waals surface area contributed by atoms with Gasteiger partial charge < -0.3 is 10.1 Å². The van der Waals surface area contributed by atoms with Crippen molar-refractivity contribution in [2.24, 2.45) is 5.92 Å². The molecule has 0 bridgehead atoms. The van der Waals surface area contributed by atoms with Crippen molar-refractivity contribution in [2.45, 2.75) is 71.4 Å². The maximum atomic E-state index is 11.7. The van der Waals surface area contributed by atoms with Gasteiger partial charge in [-0.15, -0.1) is 0 Å². The van der Waals surface area contributed by atoms with Crippen molar-refractivity contribution in [3.05, 3.63) is 0 Å². The van der Waals surface area contributed by atoms with Gasteiger partial charge >= 0.3 is 6.09 Å². The Morgan fingerprint density at radius 1 is 1.28 bits per heavy atom. The summed E-state index contributed by atoms with van der Waals surface area (Å²) in [4.78, 5) is 23.2. The van der Waals surface area contributed by atoms with Crippen molar-refractivity contribution < 1.29 is 14.3 Å². The van der Waals surface area contributed by atoms with Crippen LogP contribution in [0.5, 0.6) is 0 Å². The summed E-state index contributed by atoms with van der Waals surface area (Å²) in [6.07, 6.45) is 3.82. The SMILES string of the molecule is CCC(=O)CC1CCCC1NC(=O)OC(C)(C)C. The molecule has 18 heavy (non-hydrogen) atoms. The Hall–Kier alpha value is -1.06. The van der Waals surface area contributed by atoms with Crippen LogP contribution in [0.1, 0.15) is 59.8 Å². The second kappa shape index (κ2) is 6.21. The third-order valence-electron chi connectivity index (χ3n) is 3.25. The topological polar surface area (TPSA) is 55.4 Å². The number of hydrogen-bond acceptors (Lipinski definition) is 3. The summed E-state index contributed by atoms with van der Waals surface area (Å²) in [5, 5.41) is 2.90. The van der Waals surface area contributed by atoms with E-state index < -0.39 is 5.60 Å². The molecular weight excluding hydrogens is 230 g/mol. The Morgan fingerprint density at radius 2 is 1.94 bits per heavy atom. The molecule has 1 amide bonds. The van der Waals surface area contributed by atoms with Crippen LogP contribution in [0.3, 0.4) is 0 Å². The van der Waals surface area contributed by atoms with E-state index in [0.29, 0.717) is 12.8 Å². The van der Waals surface area contributed by atoms with Crippen molar-refractivity contribution in [1.82, 2.24) is 5.32 Å². The summed E-state index contributed by atoms with van der Waals surface area (Å²) in [5.41, 5.74) is -0.475. The van der Waals surface area contributed by atoms with Crippen LogP contribution in [-0.4, -0.2) is 23.5 Å². The summed E-state index contributed by atoms with van der Waals surface area (Å²) in [6, 6.07) is 0.0929. The van der Waals surface area contributed by atoms with Gasteiger partial charge in [0.15, 0.2) is 0 Å². The Balaban J connectivity index is 2.45. The second-order valence-corrected chi connectivity index (χ2v) is 6.04.